The lowest BCUT2D eigenvalue weighted by atomic mass is 10.1. The molecule has 1 unspecified atom stereocenters. The first-order chi connectivity index (χ1) is 16.0. The monoisotopic (exact) mass is 458 g/mol. The first-order valence-corrected chi connectivity index (χ1v) is 11.9. The maximum Gasteiger partial charge on any atom is 0.227 e. The van der Waals surface area contributed by atoms with Crippen LogP contribution in [0.5, 0.6) is 0 Å². The van der Waals surface area contributed by atoms with Gasteiger partial charge in [0.25, 0.3) is 0 Å². The lowest BCUT2D eigenvalue weighted by Crippen LogP contribution is -2.29. The van der Waals surface area contributed by atoms with Gasteiger partial charge in [0.2, 0.25) is 5.91 Å². The molecule has 7 nitrogen and oxygen atoms in total. The predicted octanol–water partition coefficient (Wildman–Crippen LogP) is 5.06. The molecular formula is C25H26N6OS. The highest BCUT2D eigenvalue weighted by Crippen LogP contribution is 2.32. The third-order valence-electron chi connectivity index (χ3n) is 5.53. The molecule has 2 heterocycles. The second-order valence-corrected chi connectivity index (χ2v) is 9.60. The molecule has 8 heteroatoms. The number of nitrogens with one attached hydrogen (secondary N) is 3. The van der Waals surface area contributed by atoms with Crippen molar-refractivity contribution in [2.24, 2.45) is 11.0 Å². The summed E-state index contributed by atoms with van der Waals surface area (Å²) in [6.07, 6.45) is 2.82. The maximum absolute atomic E-state index is 12.0. The molecule has 1 saturated carbocycles. The summed E-state index contributed by atoms with van der Waals surface area (Å²) in [6.45, 7) is 4.08. The number of carbonyl (C=O) groups is 1. The molecule has 2 aromatic carbocycles. The third kappa shape index (κ3) is 5.51. The Morgan fingerprint density at radius 3 is 2.58 bits per heavy atom. The highest BCUT2D eigenvalue weighted by molar-refractivity contribution is 7.99. The van der Waals surface area contributed by atoms with E-state index in [1.54, 1.807) is 0 Å². The molecule has 0 saturated heterocycles. The van der Waals surface area contributed by atoms with Crippen LogP contribution in [0.3, 0.4) is 0 Å². The summed E-state index contributed by atoms with van der Waals surface area (Å²) in [5.41, 5.74) is 8.07. The fourth-order valence-electron chi connectivity index (χ4n) is 3.64. The van der Waals surface area contributed by atoms with Gasteiger partial charge >= 0.3 is 0 Å². The Balaban J connectivity index is 1.37. The SMILES string of the molecule is CC1=NNC(Nc2cc(-c3cccc(C)c3)nc(Sc3ccc(NC(=O)C4CC4)cc3)n2)C1. The van der Waals surface area contributed by atoms with Crippen LogP contribution in [-0.4, -0.2) is 27.8 Å². The molecule has 1 atom stereocenters. The van der Waals surface area contributed by atoms with Crippen molar-refractivity contribution in [3.8, 4) is 11.3 Å². The number of aryl methyl sites for hydroxylation is 1. The summed E-state index contributed by atoms with van der Waals surface area (Å²) < 4.78 is 0. The molecule has 168 valence electrons. The van der Waals surface area contributed by atoms with Crippen molar-refractivity contribution in [1.82, 2.24) is 15.4 Å². The lowest BCUT2D eigenvalue weighted by molar-refractivity contribution is -0.117. The predicted molar refractivity (Wildman–Crippen MR) is 132 cm³/mol. The van der Waals surface area contributed by atoms with Gasteiger partial charge < -0.3 is 10.6 Å². The van der Waals surface area contributed by atoms with E-state index in [1.807, 2.05) is 43.3 Å². The lowest BCUT2D eigenvalue weighted by Gasteiger charge is -2.15. The van der Waals surface area contributed by atoms with Crippen LogP contribution in [0.2, 0.25) is 0 Å². The van der Waals surface area contributed by atoms with Crippen LogP contribution in [-0.2, 0) is 4.79 Å². The molecule has 0 radical (unpaired) electrons. The summed E-state index contributed by atoms with van der Waals surface area (Å²) in [7, 11) is 0. The van der Waals surface area contributed by atoms with Gasteiger partial charge in [0, 0.05) is 40.3 Å². The van der Waals surface area contributed by atoms with Crippen molar-refractivity contribution in [3.63, 3.8) is 0 Å². The van der Waals surface area contributed by atoms with E-state index in [9.17, 15) is 4.79 Å². The van der Waals surface area contributed by atoms with Crippen molar-refractivity contribution >= 4 is 34.9 Å². The summed E-state index contributed by atoms with van der Waals surface area (Å²) in [4.78, 5) is 22.6. The molecule has 1 aliphatic carbocycles. The van der Waals surface area contributed by atoms with E-state index in [0.717, 1.165) is 52.6 Å². The van der Waals surface area contributed by atoms with Crippen LogP contribution in [0.4, 0.5) is 11.5 Å². The van der Waals surface area contributed by atoms with E-state index in [-0.39, 0.29) is 18.0 Å². The van der Waals surface area contributed by atoms with Gasteiger partial charge in [-0.05, 0) is 68.8 Å². The van der Waals surface area contributed by atoms with E-state index in [2.05, 4.69) is 46.3 Å². The third-order valence-corrected chi connectivity index (χ3v) is 6.40. The van der Waals surface area contributed by atoms with Gasteiger partial charge in [-0.25, -0.2) is 9.97 Å². The largest absolute Gasteiger partial charge is 0.348 e. The fourth-order valence-corrected chi connectivity index (χ4v) is 4.41. The van der Waals surface area contributed by atoms with Crippen molar-refractivity contribution in [2.45, 2.75) is 49.3 Å². The van der Waals surface area contributed by atoms with Gasteiger partial charge in [0.05, 0.1) is 5.69 Å². The number of carbonyl (C=O) groups excluding carboxylic acids is 1. The van der Waals surface area contributed by atoms with E-state index in [4.69, 9.17) is 9.97 Å². The minimum atomic E-state index is 0.0115. The van der Waals surface area contributed by atoms with Crippen LogP contribution in [0.15, 0.2) is 69.8 Å². The summed E-state index contributed by atoms with van der Waals surface area (Å²) in [5.74, 6) is 1.05. The highest BCUT2D eigenvalue weighted by atomic mass is 32.2. The van der Waals surface area contributed by atoms with Gasteiger partial charge in [0.15, 0.2) is 5.16 Å². The average Bonchev–Trinajstić information content (AvgIpc) is 3.58. The van der Waals surface area contributed by atoms with E-state index in [1.165, 1.54) is 17.3 Å². The molecular weight excluding hydrogens is 432 g/mol. The average molecular weight is 459 g/mol. The Hall–Kier alpha value is -3.39. The fraction of sp³-hybridized carbons (Fsp3) is 0.280. The zero-order valence-corrected chi connectivity index (χ0v) is 19.4. The molecule has 0 spiro atoms. The zero-order valence-electron chi connectivity index (χ0n) is 18.6. The quantitative estimate of drug-likeness (QED) is 0.429. The molecule has 1 aliphatic heterocycles. The number of rotatable bonds is 7. The van der Waals surface area contributed by atoms with Gasteiger partial charge in [-0.2, -0.15) is 5.10 Å². The van der Waals surface area contributed by atoms with Crippen LogP contribution < -0.4 is 16.1 Å². The van der Waals surface area contributed by atoms with E-state index >= 15 is 0 Å². The first kappa shape index (κ1) is 21.5. The van der Waals surface area contributed by atoms with Crippen LogP contribution in [0, 0.1) is 12.8 Å². The summed E-state index contributed by atoms with van der Waals surface area (Å²) in [6, 6.07) is 18.1. The zero-order chi connectivity index (χ0) is 22.8. The molecule has 3 aromatic rings. The number of amides is 1. The number of aromatic nitrogens is 2. The normalized spacial score (nSPS) is 17.3. The minimum absolute atomic E-state index is 0.0115. The van der Waals surface area contributed by atoms with Crippen molar-refractivity contribution in [1.29, 1.82) is 0 Å². The number of anilines is 2. The molecule has 2 aliphatic rings. The van der Waals surface area contributed by atoms with Crippen LogP contribution in [0.25, 0.3) is 11.3 Å². The molecule has 1 amide bonds. The summed E-state index contributed by atoms with van der Waals surface area (Å²) in [5, 5.41) is 11.3. The Kier molecular flexibility index (Phi) is 6.00. The summed E-state index contributed by atoms with van der Waals surface area (Å²) >= 11 is 1.50. The van der Waals surface area contributed by atoms with Crippen molar-refractivity contribution in [2.75, 3.05) is 10.6 Å². The van der Waals surface area contributed by atoms with Crippen molar-refractivity contribution in [3.05, 3.63) is 60.2 Å². The Labute approximate surface area is 197 Å². The number of benzene rings is 2. The van der Waals surface area contributed by atoms with E-state index < -0.39 is 0 Å². The van der Waals surface area contributed by atoms with Crippen LogP contribution in [0.1, 0.15) is 31.7 Å². The second-order valence-electron chi connectivity index (χ2n) is 8.56. The number of hydrogen-bond acceptors (Lipinski definition) is 7. The smallest absolute Gasteiger partial charge is 0.227 e. The first-order valence-electron chi connectivity index (χ1n) is 11.1. The van der Waals surface area contributed by atoms with Gasteiger partial charge in [-0.1, -0.05) is 23.8 Å². The van der Waals surface area contributed by atoms with E-state index in [0.29, 0.717) is 5.16 Å². The Morgan fingerprint density at radius 1 is 1.06 bits per heavy atom. The molecule has 1 aromatic heterocycles. The molecule has 33 heavy (non-hydrogen) atoms. The van der Waals surface area contributed by atoms with Gasteiger partial charge in [-0.15, -0.1) is 0 Å². The van der Waals surface area contributed by atoms with Crippen molar-refractivity contribution < 1.29 is 4.79 Å². The molecule has 1 fully saturated rings. The number of hydrazone groups is 1. The molecule has 5 rings (SSSR count). The van der Waals surface area contributed by atoms with Crippen LogP contribution >= 0.6 is 11.8 Å². The number of nitrogens with zero attached hydrogens (tertiary/aromatic N) is 3. The van der Waals surface area contributed by atoms with Gasteiger partial charge in [-0.3, -0.25) is 10.2 Å². The maximum atomic E-state index is 12.0. The second kappa shape index (κ2) is 9.23. The van der Waals surface area contributed by atoms with Gasteiger partial charge in [0.1, 0.15) is 12.0 Å². The standard InChI is InChI=1S/C25H26N6OS/c1-15-4-3-5-18(12-15)21-14-22(28-23-13-16(2)30-31-23)29-25(27-21)33-20-10-8-19(9-11-20)26-24(32)17-6-7-17/h3-5,8-12,14,17,23,31H,6-7,13H2,1-2H3,(H,26,32)(H,27,28,29). The Morgan fingerprint density at radius 2 is 1.88 bits per heavy atom. The topological polar surface area (TPSA) is 91.3 Å². The number of hydrogen-bond donors (Lipinski definition) is 3. The Bertz CT molecular complexity index is 1210. The molecule has 0 bridgehead atoms. The molecule has 3 N–H and O–H groups in total. The highest BCUT2D eigenvalue weighted by Gasteiger charge is 2.29. The minimum Gasteiger partial charge on any atom is -0.348 e.